The number of aromatic nitrogens is 1. The van der Waals surface area contributed by atoms with Crippen molar-refractivity contribution in [3.63, 3.8) is 0 Å². The van der Waals surface area contributed by atoms with Crippen LogP contribution in [0.1, 0.15) is 41.2 Å². The van der Waals surface area contributed by atoms with Gasteiger partial charge in [0.25, 0.3) is 11.8 Å². The lowest BCUT2D eigenvalue weighted by molar-refractivity contribution is -0.110. The van der Waals surface area contributed by atoms with Crippen LogP contribution in [-0.4, -0.2) is 53.0 Å². The minimum absolute atomic E-state index is 0.0837. The van der Waals surface area contributed by atoms with Crippen molar-refractivity contribution in [1.29, 1.82) is 0 Å². The summed E-state index contributed by atoms with van der Waals surface area (Å²) in [5, 5.41) is 15.8. The second-order valence-corrected chi connectivity index (χ2v) is 8.30. The number of likely N-dealkylation sites (N-methyl/N-ethyl adjacent to an activating group) is 1. The van der Waals surface area contributed by atoms with Crippen LogP contribution >= 0.6 is 0 Å². The van der Waals surface area contributed by atoms with Crippen molar-refractivity contribution < 1.29 is 14.7 Å². The van der Waals surface area contributed by atoms with Gasteiger partial charge in [-0.2, -0.15) is 0 Å². The quantitative estimate of drug-likeness (QED) is 0.300. The molecule has 2 amide bonds. The number of aromatic hydroxyl groups is 1. The number of H-pyrrole nitrogens is 1. The molecule has 2 aromatic carbocycles. The smallest absolute Gasteiger partial charge is 0.256 e. The highest BCUT2D eigenvalue weighted by Crippen LogP contribution is 2.38. The summed E-state index contributed by atoms with van der Waals surface area (Å²) in [5.41, 5.74) is 5.27. The monoisotopic (exact) mass is 458 g/mol. The molecule has 0 fully saturated rings. The van der Waals surface area contributed by atoms with Crippen LogP contribution in [0.4, 0.5) is 5.69 Å². The number of phenolic OH excluding ortho intramolecular Hbond substituents is 1. The first-order valence-electron chi connectivity index (χ1n) is 11.6. The van der Waals surface area contributed by atoms with Gasteiger partial charge in [-0.25, -0.2) is 0 Å². The van der Waals surface area contributed by atoms with Crippen molar-refractivity contribution in [2.24, 2.45) is 0 Å². The standard InChI is InChI=1S/C27H30N4O3/c1-4-31(5-2)14-13-28-27(34)24-17(3)29-23(25(24)18-9-7-6-8-10-18)16-21-20-15-19(32)11-12-22(20)30-26(21)33/h6-12,15-16,29,32H,4-5,13-14H2,1-3H3,(H,28,34)(H,30,33)/b21-16-. The maximum atomic E-state index is 13.3. The Kier molecular flexibility index (Phi) is 6.84. The number of nitrogens with one attached hydrogen (secondary N) is 3. The Balaban J connectivity index is 1.75. The van der Waals surface area contributed by atoms with Gasteiger partial charge in [-0.15, -0.1) is 0 Å². The van der Waals surface area contributed by atoms with E-state index in [0.29, 0.717) is 34.6 Å². The van der Waals surface area contributed by atoms with E-state index < -0.39 is 0 Å². The third-order valence-electron chi connectivity index (χ3n) is 6.19. The van der Waals surface area contributed by atoms with Crippen LogP contribution in [0.15, 0.2) is 48.5 Å². The number of benzene rings is 2. The van der Waals surface area contributed by atoms with Crippen molar-refractivity contribution >= 4 is 29.2 Å². The van der Waals surface area contributed by atoms with Crippen LogP contribution in [-0.2, 0) is 4.79 Å². The highest BCUT2D eigenvalue weighted by molar-refractivity contribution is 6.35. The molecule has 7 heteroatoms. The Morgan fingerprint density at radius 3 is 2.56 bits per heavy atom. The van der Waals surface area contributed by atoms with Crippen LogP contribution in [0.3, 0.4) is 0 Å². The Hall–Kier alpha value is -3.84. The highest BCUT2D eigenvalue weighted by atomic mass is 16.3. The van der Waals surface area contributed by atoms with E-state index in [-0.39, 0.29) is 17.6 Å². The number of carbonyl (C=O) groups is 2. The van der Waals surface area contributed by atoms with E-state index in [2.05, 4.69) is 34.4 Å². The number of hydrogen-bond acceptors (Lipinski definition) is 4. The van der Waals surface area contributed by atoms with Crippen molar-refractivity contribution in [3.8, 4) is 16.9 Å². The maximum absolute atomic E-state index is 13.3. The number of carbonyl (C=O) groups excluding carboxylic acids is 2. The number of anilines is 1. The summed E-state index contributed by atoms with van der Waals surface area (Å²) in [6.07, 6.45) is 1.75. The van der Waals surface area contributed by atoms with E-state index in [0.717, 1.165) is 36.5 Å². The first-order valence-corrected chi connectivity index (χ1v) is 11.6. The van der Waals surface area contributed by atoms with Gasteiger partial charge in [0.05, 0.1) is 11.1 Å². The molecule has 0 atom stereocenters. The molecule has 176 valence electrons. The lowest BCUT2D eigenvalue weighted by Gasteiger charge is -2.18. The Labute approximate surface area is 199 Å². The van der Waals surface area contributed by atoms with Crippen LogP contribution < -0.4 is 10.6 Å². The molecule has 0 saturated heterocycles. The van der Waals surface area contributed by atoms with E-state index >= 15 is 0 Å². The lowest BCUT2D eigenvalue weighted by atomic mass is 9.97. The molecule has 3 aromatic rings. The molecule has 1 aromatic heterocycles. The number of phenols is 1. The molecule has 4 rings (SSSR count). The van der Waals surface area contributed by atoms with Gasteiger partial charge in [-0.1, -0.05) is 44.2 Å². The summed E-state index contributed by atoms with van der Waals surface area (Å²) in [6, 6.07) is 14.5. The molecule has 2 heterocycles. The SMILES string of the molecule is CCN(CC)CCNC(=O)c1c(C)[nH]c(/C=C2\C(=O)Nc3ccc(O)cc32)c1-c1ccccc1. The minimum atomic E-state index is -0.253. The van der Waals surface area contributed by atoms with Gasteiger partial charge in [-0.05, 0) is 49.9 Å². The number of aromatic amines is 1. The molecule has 0 spiro atoms. The van der Waals surface area contributed by atoms with Gasteiger partial charge in [0.1, 0.15) is 5.75 Å². The van der Waals surface area contributed by atoms with Crippen molar-refractivity contribution in [2.75, 3.05) is 31.5 Å². The van der Waals surface area contributed by atoms with Gasteiger partial charge in [-0.3, -0.25) is 9.59 Å². The van der Waals surface area contributed by atoms with Crippen LogP contribution in [0, 0.1) is 6.92 Å². The average Bonchev–Trinajstić information content (AvgIpc) is 3.33. The molecule has 1 aliphatic rings. The van der Waals surface area contributed by atoms with E-state index in [1.807, 2.05) is 37.3 Å². The van der Waals surface area contributed by atoms with Crippen LogP contribution in [0.5, 0.6) is 5.75 Å². The second-order valence-electron chi connectivity index (χ2n) is 8.30. The number of fused-ring (bicyclic) bond motifs is 1. The normalized spacial score (nSPS) is 13.9. The number of nitrogens with zero attached hydrogens (tertiary/aromatic N) is 1. The molecular formula is C27H30N4O3. The number of hydrogen-bond donors (Lipinski definition) is 4. The zero-order valence-electron chi connectivity index (χ0n) is 19.7. The number of rotatable bonds is 8. The van der Waals surface area contributed by atoms with Gasteiger partial charge in [0, 0.05) is 41.3 Å². The Morgan fingerprint density at radius 1 is 1.12 bits per heavy atom. The molecule has 34 heavy (non-hydrogen) atoms. The number of amides is 2. The molecule has 0 saturated carbocycles. The van der Waals surface area contributed by atoms with Crippen molar-refractivity contribution in [2.45, 2.75) is 20.8 Å². The van der Waals surface area contributed by atoms with Gasteiger partial charge in [0.2, 0.25) is 0 Å². The van der Waals surface area contributed by atoms with Crippen LogP contribution in [0.25, 0.3) is 22.8 Å². The summed E-state index contributed by atoms with van der Waals surface area (Å²) >= 11 is 0. The van der Waals surface area contributed by atoms with Gasteiger partial charge < -0.3 is 25.6 Å². The summed E-state index contributed by atoms with van der Waals surface area (Å²) in [4.78, 5) is 31.6. The topological polar surface area (TPSA) is 97.5 Å². The lowest BCUT2D eigenvalue weighted by Crippen LogP contribution is -2.35. The molecule has 0 bridgehead atoms. The molecule has 0 radical (unpaired) electrons. The van der Waals surface area contributed by atoms with Crippen LogP contribution in [0.2, 0.25) is 0 Å². The molecule has 1 aliphatic heterocycles. The molecule has 0 aliphatic carbocycles. The third kappa shape index (κ3) is 4.61. The zero-order valence-corrected chi connectivity index (χ0v) is 19.7. The van der Waals surface area contributed by atoms with E-state index in [9.17, 15) is 14.7 Å². The maximum Gasteiger partial charge on any atom is 0.256 e. The first kappa shape index (κ1) is 23.3. The molecule has 0 unspecified atom stereocenters. The summed E-state index contributed by atoms with van der Waals surface area (Å²) < 4.78 is 0. The summed E-state index contributed by atoms with van der Waals surface area (Å²) in [5.74, 6) is -0.323. The average molecular weight is 459 g/mol. The van der Waals surface area contributed by atoms with E-state index in [1.54, 1.807) is 18.2 Å². The largest absolute Gasteiger partial charge is 0.508 e. The number of aryl methyl sites for hydroxylation is 1. The second kappa shape index (κ2) is 9.97. The van der Waals surface area contributed by atoms with Crippen molar-refractivity contribution in [3.05, 3.63) is 71.0 Å². The van der Waals surface area contributed by atoms with E-state index in [4.69, 9.17) is 0 Å². The molecule has 7 nitrogen and oxygen atoms in total. The fraction of sp³-hybridized carbons (Fsp3) is 0.259. The van der Waals surface area contributed by atoms with Crippen molar-refractivity contribution in [1.82, 2.24) is 15.2 Å². The van der Waals surface area contributed by atoms with E-state index in [1.165, 1.54) is 6.07 Å². The summed E-state index contributed by atoms with van der Waals surface area (Å²) in [6.45, 7) is 9.26. The molecule has 4 N–H and O–H groups in total. The minimum Gasteiger partial charge on any atom is -0.508 e. The fourth-order valence-corrected chi connectivity index (χ4v) is 4.37. The predicted octanol–water partition coefficient (Wildman–Crippen LogP) is 4.26. The molecular weight excluding hydrogens is 428 g/mol. The van der Waals surface area contributed by atoms with Gasteiger partial charge in [0.15, 0.2) is 0 Å². The Bertz CT molecular complexity index is 1240. The highest BCUT2D eigenvalue weighted by Gasteiger charge is 2.27. The summed E-state index contributed by atoms with van der Waals surface area (Å²) in [7, 11) is 0. The fourth-order valence-electron chi connectivity index (χ4n) is 4.37. The first-order chi connectivity index (χ1) is 16.4. The zero-order chi connectivity index (χ0) is 24.2. The Morgan fingerprint density at radius 2 is 1.85 bits per heavy atom. The third-order valence-corrected chi connectivity index (χ3v) is 6.19. The van der Waals surface area contributed by atoms with Gasteiger partial charge >= 0.3 is 0 Å². The predicted molar refractivity (Wildman–Crippen MR) is 136 cm³/mol.